The lowest BCUT2D eigenvalue weighted by molar-refractivity contribution is -0.158. The second kappa shape index (κ2) is 7.32. The van der Waals surface area contributed by atoms with E-state index < -0.39 is 18.0 Å². The number of carbonyl (C=O) groups is 2. The van der Waals surface area contributed by atoms with Crippen LogP contribution >= 0.6 is 0 Å². The smallest absolute Gasteiger partial charge is 0.303 e. The summed E-state index contributed by atoms with van der Waals surface area (Å²) in [7, 11) is 0. The third kappa shape index (κ3) is 5.89. The van der Waals surface area contributed by atoms with E-state index in [9.17, 15) is 9.59 Å². The van der Waals surface area contributed by atoms with Crippen LogP contribution in [-0.2, 0) is 19.1 Å². The van der Waals surface area contributed by atoms with Crippen LogP contribution < -0.4 is 4.74 Å². The fourth-order valence-electron chi connectivity index (χ4n) is 1.22. The molecule has 5 heteroatoms. The van der Waals surface area contributed by atoms with Crippen LogP contribution in [0.15, 0.2) is 24.3 Å². The summed E-state index contributed by atoms with van der Waals surface area (Å²) in [5.41, 5.74) is 0. The molecular formula is C13H15O5. The van der Waals surface area contributed by atoms with Gasteiger partial charge in [0.25, 0.3) is 0 Å². The number of carbonyl (C=O) groups excluding carboxylic acids is 2. The van der Waals surface area contributed by atoms with Gasteiger partial charge in [-0.25, -0.2) is 0 Å². The quantitative estimate of drug-likeness (QED) is 0.714. The largest absolute Gasteiger partial charge is 0.490 e. The van der Waals surface area contributed by atoms with E-state index in [1.807, 2.05) is 0 Å². The Hall–Kier alpha value is -2.04. The number of hydrogen-bond acceptors (Lipinski definition) is 5. The molecular weight excluding hydrogens is 236 g/mol. The molecule has 0 fully saturated rings. The van der Waals surface area contributed by atoms with Gasteiger partial charge in [-0.15, -0.1) is 0 Å². The van der Waals surface area contributed by atoms with Crippen LogP contribution in [0, 0.1) is 6.07 Å². The maximum atomic E-state index is 10.9. The highest BCUT2D eigenvalue weighted by molar-refractivity contribution is 5.67. The van der Waals surface area contributed by atoms with Crippen molar-refractivity contribution in [1.29, 1.82) is 0 Å². The molecule has 1 atom stereocenters. The summed E-state index contributed by atoms with van der Waals surface area (Å²) < 4.78 is 15.2. The topological polar surface area (TPSA) is 61.8 Å². The van der Waals surface area contributed by atoms with Gasteiger partial charge in [-0.2, -0.15) is 0 Å². The van der Waals surface area contributed by atoms with Gasteiger partial charge in [-0.05, 0) is 18.2 Å². The zero-order chi connectivity index (χ0) is 13.4. The lowest BCUT2D eigenvalue weighted by Gasteiger charge is -2.17. The molecule has 18 heavy (non-hydrogen) atoms. The molecule has 1 aromatic carbocycles. The summed E-state index contributed by atoms with van der Waals surface area (Å²) in [5.74, 6) is -0.270. The van der Waals surface area contributed by atoms with Crippen molar-refractivity contribution in [3.63, 3.8) is 0 Å². The molecule has 0 N–H and O–H groups in total. The summed E-state index contributed by atoms with van der Waals surface area (Å²) in [6.07, 6.45) is -0.619. The number of esters is 2. The van der Waals surface area contributed by atoms with Crippen molar-refractivity contribution in [2.75, 3.05) is 13.2 Å². The van der Waals surface area contributed by atoms with Crippen molar-refractivity contribution in [2.45, 2.75) is 20.0 Å². The fourth-order valence-corrected chi connectivity index (χ4v) is 1.22. The molecule has 0 bridgehead atoms. The van der Waals surface area contributed by atoms with Crippen LogP contribution in [0.2, 0.25) is 0 Å². The molecule has 97 valence electrons. The molecule has 1 aromatic rings. The summed E-state index contributed by atoms with van der Waals surface area (Å²) in [6, 6.07) is 9.80. The van der Waals surface area contributed by atoms with Gasteiger partial charge < -0.3 is 14.2 Å². The third-order valence-corrected chi connectivity index (χ3v) is 1.92. The molecule has 5 nitrogen and oxygen atoms in total. The Balaban J connectivity index is 2.45. The zero-order valence-electron chi connectivity index (χ0n) is 10.3. The van der Waals surface area contributed by atoms with Crippen LogP contribution in [0.3, 0.4) is 0 Å². The van der Waals surface area contributed by atoms with Crippen molar-refractivity contribution in [3.05, 3.63) is 30.3 Å². The first-order valence-electron chi connectivity index (χ1n) is 5.47. The van der Waals surface area contributed by atoms with E-state index in [4.69, 9.17) is 14.2 Å². The molecule has 0 aromatic heterocycles. The van der Waals surface area contributed by atoms with Gasteiger partial charge >= 0.3 is 11.9 Å². The molecule has 0 aliphatic rings. The Morgan fingerprint density at radius 3 is 2.61 bits per heavy atom. The van der Waals surface area contributed by atoms with Crippen molar-refractivity contribution >= 4 is 11.9 Å². The first-order valence-corrected chi connectivity index (χ1v) is 5.47. The number of ether oxygens (including phenoxy) is 3. The molecule has 1 radical (unpaired) electrons. The van der Waals surface area contributed by atoms with Crippen molar-refractivity contribution in [3.8, 4) is 5.75 Å². The summed E-state index contributed by atoms with van der Waals surface area (Å²) in [4.78, 5) is 21.6. The van der Waals surface area contributed by atoms with E-state index in [1.54, 1.807) is 24.3 Å². The van der Waals surface area contributed by atoms with E-state index in [1.165, 1.54) is 13.8 Å². The van der Waals surface area contributed by atoms with E-state index in [-0.39, 0.29) is 13.2 Å². The van der Waals surface area contributed by atoms with Gasteiger partial charge in [-0.1, -0.05) is 12.1 Å². The van der Waals surface area contributed by atoms with Gasteiger partial charge in [-0.3, -0.25) is 9.59 Å². The van der Waals surface area contributed by atoms with E-state index in [0.717, 1.165) is 0 Å². The summed E-state index contributed by atoms with van der Waals surface area (Å²) in [6.45, 7) is 2.67. The van der Waals surface area contributed by atoms with Crippen LogP contribution in [-0.4, -0.2) is 31.3 Å². The standard InChI is InChI=1S/C13H15O5/c1-10(14)16-8-13(18-11(2)15)9-17-12-6-4-3-5-7-12/h3-4,6-7,13H,8-9H2,1-2H3/t13-/m1/s1. The number of benzene rings is 1. The Labute approximate surface area is 106 Å². The highest BCUT2D eigenvalue weighted by atomic mass is 16.6. The Morgan fingerprint density at radius 2 is 2.06 bits per heavy atom. The predicted molar refractivity (Wildman–Crippen MR) is 63.0 cm³/mol. The monoisotopic (exact) mass is 251 g/mol. The molecule has 0 amide bonds. The van der Waals surface area contributed by atoms with Gasteiger partial charge in [0, 0.05) is 13.8 Å². The molecule has 0 heterocycles. The lowest BCUT2D eigenvalue weighted by atomic mass is 10.3. The first kappa shape index (κ1) is 14.0. The Kier molecular flexibility index (Phi) is 5.70. The van der Waals surface area contributed by atoms with Gasteiger partial charge in [0.15, 0.2) is 6.10 Å². The average Bonchev–Trinajstić information content (AvgIpc) is 2.33. The predicted octanol–water partition coefficient (Wildman–Crippen LogP) is 1.36. The van der Waals surface area contributed by atoms with Gasteiger partial charge in [0.05, 0.1) is 0 Å². The Bertz CT molecular complexity index is 388. The highest BCUT2D eigenvalue weighted by Crippen LogP contribution is 2.09. The normalized spacial score (nSPS) is 11.4. The van der Waals surface area contributed by atoms with E-state index >= 15 is 0 Å². The van der Waals surface area contributed by atoms with Crippen LogP contribution in [0.4, 0.5) is 0 Å². The molecule has 0 spiro atoms. The van der Waals surface area contributed by atoms with E-state index in [2.05, 4.69) is 6.07 Å². The molecule has 0 saturated heterocycles. The van der Waals surface area contributed by atoms with Crippen LogP contribution in [0.1, 0.15) is 13.8 Å². The molecule has 1 rings (SSSR count). The first-order chi connectivity index (χ1) is 8.58. The maximum absolute atomic E-state index is 10.9. The fraction of sp³-hybridized carbons (Fsp3) is 0.385. The summed E-state index contributed by atoms with van der Waals surface area (Å²) in [5, 5.41) is 0. The minimum atomic E-state index is -0.619. The molecule has 0 unspecified atom stereocenters. The van der Waals surface area contributed by atoms with Gasteiger partial charge in [0.1, 0.15) is 19.0 Å². The van der Waals surface area contributed by atoms with Gasteiger partial charge in [0.2, 0.25) is 0 Å². The lowest BCUT2D eigenvalue weighted by Crippen LogP contribution is -2.29. The SMILES string of the molecule is CC(=O)OC[C@H](COc1c[c]ccc1)OC(C)=O. The Morgan fingerprint density at radius 1 is 1.28 bits per heavy atom. The van der Waals surface area contributed by atoms with Crippen LogP contribution in [0.25, 0.3) is 0 Å². The second-order valence-electron chi connectivity index (χ2n) is 3.58. The highest BCUT2D eigenvalue weighted by Gasteiger charge is 2.14. The minimum absolute atomic E-state index is 0.0224. The van der Waals surface area contributed by atoms with Crippen molar-refractivity contribution in [1.82, 2.24) is 0 Å². The zero-order valence-corrected chi connectivity index (χ0v) is 10.3. The van der Waals surface area contributed by atoms with Crippen molar-refractivity contribution in [2.24, 2.45) is 0 Å². The average molecular weight is 251 g/mol. The molecule has 0 saturated carbocycles. The molecule has 0 aliphatic carbocycles. The second-order valence-corrected chi connectivity index (χ2v) is 3.58. The van der Waals surface area contributed by atoms with E-state index in [0.29, 0.717) is 5.75 Å². The minimum Gasteiger partial charge on any atom is -0.490 e. The van der Waals surface area contributed by atoms with Crippen LogP contribution in [0.5, 0.6) is 5.75 Å². The number of hydrogen-bond donors (Lipinski definition) is 0. The third-order valence-electron chi connectivity index (χ3n) is 1.92. The maximum Gasteiger partial charge on any atom is 0.303 e. The molecule has 0 aliphatic heterocycles. The summed E-state index contributed by atoms with van der Waals surface area (Å²) >= 11 is 0. The number of rotatable bonds is 6. The van der Waals surface area contributed by atoms with Crippen molar-refractivity contribution < 1.29 is 23.8 Å².